The molecule has 0 aliphatic heterocycles. The number of hydrogen-bond donors (Lipinski definition) is 2. The summed E-state index contributed by atoms with van der Waals surface area (Å²) in [6, 6.07) is 8.09. The average Bonchev–Trinajstić information content (AvgIpc) is 2.47. The molecule has 3 heteroatoms. The van der Waals surface area contributed by atoms with E-state index in [4.69, 9.17) is 5.73 Å². The Labute approximate surface area is 121 Å². The van der Waals surface area contributed by atoms with E-state index in [0.29, 0.717) is 11.8 Å². The summed E-state index contributed by atoms with van der Waals surface area (Å²) < 4.78 is 0. The van der Waals surface area contributed by atoms with Gasteiger partial charge >= 0.3 is 0 Å². The van der Waals surface area contributed by atoms with Gasteiger partial charge in [0.1, 0.15) is 0 Å². The van der Waals surface area contributed by atoms with Gasteiger partial charge < -0.3 is 11.1 Å². The third kappa shape index (κ3) is 3.60. The highest BCUT2D eigenvalue weighted by molar-refractivity contribution is 5.93. The minimum Gasteiger partial charge on any atom is -0.330 e. The highest BCUT2D eigenvalue weighted by Crippen LogP contribution is 2.30. The summed E-state index contributed by atoms with van der Waals surface area (Å²) in [6.45, 7) is 5.05. The molecule has 3 N–H and O–H groups in total. The van der Waals surface area contributed by atoms with Crippen LogP contribution in [0.15, 0.2) is 24.3 Å². The van der Waals surface area contributed by atoms with E-state index in [1.165, 1.54) is 5.56 Å². The third-order valence-electron chi connectivity index (χ3n) is 4.39. The average molecular weight is 274 g/mol. The maximum Gasteiger partial charge on any atom is 0.227 e. The van der Waals surface area contributed by atoms with Gasteiger partial charge in [-0.3, -0.25) is 4.79 Å². The van der Waals surface area contributed by atoms with Crippen molar-refractivity contribution in [2.75, 3.05) is 11.9 Å². The lowest BCUT2D eigenvalue weighted by Crippen LogP contribution is -2.29. The van der Waals surface area contributed by atoms with Crippen molar-refractivity contribution in [3.63, 3.8) is 0 Å². The second-order valence-corrected chi connectivity index (χ2v) is 6.18. The Morgan fingerprint density at radius 3 is 2.50 bits per heavy atom. The molecule has 2 rings (SSSR count). The van der Waals surface area contributed by atoms with E-state index in [2.05, 4.69) is 25.2 Å². The molecule has 1 aromatic carbocycles. The number of carbonyl (C=O) groups excluding carboxylic acids is 1. The van der Waals surface area contributed by atoms with Crippen LogP contribution in [0.1, 0.15) is 51.0 Å². The van der Waals surface area contributed by atoms with Crippen molar-refractivity contribution in [1.29, 1.82) is 0 Å². The molecule has 0 heterocycles. The second-order valence-electron chi connectivity index (χ2n) is 6.18. The number of benzene rings is 1. The summed E-state index contributed by atoms with van der Waals surface area (Å²) in [5, 5.41) is 3.12. The molecular formula is C17H26N2O. The van der Waals surface area contributed by atoms with E-state index >= 15 is 0 Å². The summed E-state index contributed by atoms with van der Waals surface area (Å²) in [6.07, 6.45) is 4.11. The van der Waals surface area contributed by atoms with E-state index in [-0.39, 0.29) is 11.8 Å². The molecule has 1 aliphatic rings. The van der Waals surface area contributed by atoms with Crippen molar-refractivity contribution in [3.8, 4) is 0 Å². The van der Waals surface area contributed by atoms with Crippen LogP contribution in [-0.4, -0.2) is 12.5 Å². The molecule has 1 saturated carbocycles. The lowest BCUT2D eigenvalue weighted by molar-refractivity contribution is -0.121. The van der Waals surface area contributed by atoms with Crippen LogP contribution < -0.4 is 11.1 Å². The predicted molar refractivity (Wildman–Crippen MR) is 83.7 cm³/mol. The van der Waals surface area contributed by atoms with Crippen LogP contribution in [0.3, 0.4) is 0 Å². The molecule has 1 amide bonds. The van der Waals surface area contributed by atoms with Gasteiger partial charge in [-0.15, -0.1) is 0 Å². The fourth-order valence-corrected chi connectivity index (χ4v) is 3.01. The molecule has 0 bridgehead atoms. The molecule has 0 radical (unpaired) electrons. The van der Waals surface area contributed by atoms with Crippen molar-refractivity contribution in [1.82, 2.24) is 0 Å². The minimum absolute atomic E-state index is 0.151. The van der Waals surface area contributed by atoms with Gasteiger partial charge in [-0.2, -0.15) is 0 Å². The number of amides is 1. The zero-order valence-electron chi connectivity index (χ0n) is 12.6. The number of anilines is 1. The molecule has 0 unspecified atom stereocenters. The molecule has 3 nitrogen and oxygen atoms in total. The first-order valence-electron chi connectivity index (χ1n) is 7.71. The summed E-state index contributed by atoms with van der Waals surface area (Å²) >= 11 is 0. The Morgan fingerprint density at radius 2 is 1.90 bits per heavy atom. The Balaban J connectivity index is 1.98. The Kier molecular flexibility index (Phi) is 5.18. The topological polar surface area (TPSA) is 55.1 Å². The van der Waals surface area contributed by atoms with E-state index in [9.17, 15) is 4.79 Å². The number of hydrogen-bond acceptors (Lipinski definition) is 2. The van der Waals surface area contributed by atoms with Crippen LogP contribution in [0, 0.1) is 11.8 Å². The second kappa shape index (κ2) is 6.89. The van der Waals surface area contributed by atoms with E-state index in [1.807, 2.05) is 18.2 Å². The van der Waals surface area contributed by atoms with Crippen molar-refractivity contribution < 1.29 is 4.79 Å². The summed E-state index contributed by atoms with van der Waals surface area (Å²) in [4.78, 5) is 12.4. The number of para-hydroxylation sites is 1. The first-order valence-corrected chi connectivity index (χ1v) is 7.71. The van der Waals surface area contributed by atoms with Gasteiger partial charge in [0.15, 0.2) is 0 Å². The Morgan fingerprint density at radius 1 is 1.25 bits per heavy atom. The highest BCUT2D eigenvalue weighted by Gasteiger charge is 2.26. The zero-order valence-corrected chi connectivity index (χ0v) is 12.6. The molecule has 1 aliphatic carbocycles. The van der Waals surface area contributed by atoms with Gasteiger partial charge in [0, 0.05) is 11.6 Å². The van der Waals surface area contributed by atoms with Gasteiger partial charge in [-0.25, -0.2) is 0 Å². The van der Waals surface area contributed by atoms with Crippen molar-refractivity contribution in [2.45, 2.75) is 45.4 Å². The largest absolute Gasteiger partial charge is 0.330 e. The van der Waals surface area contributed by atoms with Crippen molar-refractivity contribution in [3.05, 3.63) is 29.8 Å². The Hall–Kier alpha value is -1.35. The van der Waals surface area contributed by atoms with Gasteiger partial charge in [-0.05, 0) is 55.7 Å². The van der Waals surface area contributed by atoms with E-state index in [1.54, 1.807) is 0 Å². The van der Waals surface area contributed by atoms with Gasteiger partial charge in [0.2, 0.25) is 5.91 Å². The van der Waals surface area contributed by atoms with Crippen LogP contribution in [0.2, 0.25) is 0 Å². The maximum atomic E-state index is 12.4. The molecule has 1 fully saturated rings. The van der Waals surface area contributed by atoms with E-state index < -0.39 is 0 Å². The third-order valence-corrected chi connectivity index (χ3v) is 4.39. The summed E-state index contributed by atoms with van der Waals surface area (Å²) in [5.41, 5.74) is 7.87. The van der Waals surface area contributed by atoms with Crippen molar-refractivity contribution >= 4 is 11.6 Å². The molecule has 0 atom stereocenters. The van der Waals surface area contributed by atoms with Crippen LogP contribution in [0.4, 0.5) is 5.69 Å². The van der Waals surface area contributed by atoms with Crippen LogP contribution in [0.5, 0.6) is 0 Å². The zero-order chi connectivity index (χ0) is 14.5. The van der Waals surface area contributed by atoms with Crippen molar-refractivity contribution in [2.24, 2.45) is 17.6 Å². The molecule has 0 spiro atoms. The molecule has 110 valence electrons. The van der Waals surface area contributed by atoms with Gasteiger partial charge in [0.05, 0.1) is 0 Å². The molecular weight excluding hydrogens is 248 g/mol. The number of nitrogens with one attached hydrogen (secondary N) is 1. The van der Waals surface area contributed by atoms with E-state index in [0.717, 1.165) is 37.9 Å². The SMILES string of the molecule is CC(C)c1ccccc1NC(=O)C1CCC(CN)CC1. The fourth-order valence-electron chi connectivity index (χ4n) is 3.01. The van der Waals surface area contributed by atoms with Gasteiger partial charge in [0.25, 0.3) is 0 Å². The number of rotatable bonds is 4. The molecule has 0 saturated heterocycles. The highest BCUT2D eigenvalue weighted by atomic mass is 16.1. The fraction of sp³-hybridized carbons (Fsp3) is 0.588. The first-order chi connectivity index (χ1) is 9.61. The van der Waals surface area contributed by atoms with Crippen LogP contribution in [0.25, 0.3) is 0 Å². The van der Waals surface area contributed by atoms with Gasteiger partial charge in [-0.1, -0.05) is 32.0 Å². The Bertz CT molecular complexity index is 448. The molecule has 0 aromatic heterocycles. The lowest BCUT2D eigenvalue weighted by Gasteiger charge is -2.27. The quantitative estimate of drug-likeness (QED) is 0.882. The predicted octanol–water partition coefficient (Wildman–Crippen LogP) is 3.51. The molecule has 20 heavy (non-hydrogen) atoms. The minimum atomic E-state index is 0.151. The number of nitrogens with two attached hydrogens (primary N) is 1. The number of carbonyl (C=O) groups is 1. The lowest BCUT2D eigenvalue weighted by atomic mass is 9.81. The summed E-state index contributed by atoms with van der Waals surface area (Å²) in [5.74, 6) is 1.35. The van der Waals surface area contributed by atoms with Crippen LogP contribution in [-0.2, 0) is 4.79 Å². The standard InChI is InChI=1S/C17H26N2O/c1-12(2)15-5-3-4-6-16(15)19-17(20)14-9-7-13(11-18)8-10-14/h3-6,12-14H,7-11,18H2,1-2H3,(H,19,20). The van der Waals surface area contributed by atoms with Crippen LogP contribution >= 0.6 is 0 Å². The first kappa shape index (κ1) is 15.0. The summed E-state index contributed by atoms with van der Waals surface area (Å²) in [7, 11) is 0. The molecule has 1 aromatic rings. The monoisotopic (exact) mass is 274 g/mol. The maximum absolute atomic E-state index is 12.4. The normalized spacial score (nSPS) is 22.8. The smallest absolute Gasteiger partial charge is 0.227 e.